The summed E-state index contributed by atoms with van der Waals surface area (Å²) in [5, 5.41) is 1.45. The van der Waals surface area contributed by atoms with Crippen LogP contribution in [0.2, 0.25) is 0 Å². The highest BCUT2D eigenvalue weighted by Crippen LogP contribution is 2.43. The lowest BCUT2D eigenvalue weighted by Crippen LogP contribution is -2.29. The summed E-state index contributed by atoms with van der Waals surface area (Å²) in [7, 11) is 2.28. The van der Waals surface area contributed by atoms with E-state index in [0.717, 1.165) is 44.7 Å². The fourth-order valence-electron chi connectivity index (χ4n) is 6.10. The molecular weight excluding hydrogens is 402 g/mol. The first-order valence-corrected chi connectivity index (χ1v) is 12.6. The minimum Gasteiger partial charge on any atom is -0.363 e. The molecular formula is C30H41N3. The van der Waals surface area contributed by atoms with Crippen molar-refractivity contribution in [1.29, 1.82) is 0 Å². The van der Waals surface area contributed by atoms with Gasteiger partial charge in [0.15, 0.2) is 0 Å². The Morgan fingerprint density at radius 2 is 2.00 bits per heavy atom. The van der Waals surface area contributed by atoms with Crippen LogP contribution in [-0.2, 0) is 13.0 Å². The van der Waals surface area contributed by atoms with Crippen LogP contribution in [0.15, 0.2) is 42.1 Å². The van der Waals surface area contributed by atoms with Crippen molar-refractivity contribution in [3.63, 3.8) is 0 Å². The molecule has 0 saturated carbocycles. The third kappa shape index (κ3) is 4.28. The Morgan fingerprint density at radius 3 is 2.70 bits per heavy atom. The lowest BCUT2D eigenvalue weighted by Gasteiger charge is -2.34. The second-order valence-electron chi connectivity index (χ2n) is 10.3. The van der Waals surface area contributed by atoms with Gasteiger partial charge in [-0.1, -0.05) is 19.6 Å². The number of hydrogen-bond acceptors (Lipinski definition) is 3. The molecule has 33 heavy (non-hydrogen) atoms. The predicted molar refractivity (Wildman–Crippen MR) is 142 cm³/mol. The van der Waals surface area contributed by atoms with Crippen LogP contribution in [0.3, 0.4) is 0 Å². The van der Waals surface area contributed by atoms with E-state index < -0.39 is 0 Å². The summed E-state index contributed by atoms with van der Waals surface area (Å²) in [5.41, 5.74) is 13.7. The monoisotopic (exact) mass is 443 g/mol. The summed E-state index contributed by atoms with van der Waals surface area (Å²) in [5.74, 6) is 0.549. The third-order valence-corrected chi connectivity index (χ3v) is 7.93. The zero-order chi connectivity index (χ0) is 23.9. The molecule has 4 rings (SSSR count). The van der Waals surface area contributed by atoms with Crippen LogP contribution in [-0.4, -0.2) is 41.5 Å². The number of hydrogen-bond donors (Lipinski definition) is 0. The Bertz CT molecular complexity index is 1140. The van der Waals surface area contributed by atoms with Crippen molar-refractivity contribution >= 4 is 10.9 Å². The molecule has 0 bridgehead atoms. The molecule has 0 saturated heterocycles. The number of allylic oxidation sites excluding steroid dienone is 2. The van der Waals surface area contributed by atoms with Crippen molar-refractivity contribution in [2.24, 2.45) is 0 Å². The van der Waals surface area contributed by atoms with E-state index in [1.807, 2.05) is 6.08 Å². The SMILES string of the molecule is C=CCC1=C(C)CN(Cc2c(C)nc3cc(C)c(C)c4c3c2C(CN(C)CCC)CC4)C1=C. The largest absolute Gasteiger partial charge is 0.363 e. The molecule has 3 nitrogen and oxygen atoms in total. The Kier molecular flexibility index (Phi) is 6.81. The van der Waals surface area contributed by atoms with Crippen molar-refractivity contribution < 1.29 is 0 Å². The van der Waals surface area contributed by atoms with Gasteiger partial charge in [0, 0.05) is 36.4 Å². The van der Waals surface area contributed by atoms with Gasteiger partial charge in [0.25, 0.3) is 0 Å². The fourth-order valence-corrected chi connectivity index (χ4v) is 6.10. The summed E-state index contributed by atoms with van der Waals surface area (Å²) in [6.07, 6.45) is 6.47. The topological polar surface area (TPSA) is 19.4 Å². The van der Waals surface area contributed by atoms with Crippen molar-refractivity contribution in [2.45, 2.75) is 72.8 Å². The van der Waals surface area contributed by atoms with Crippen molar-refractivity contribution in [1.82, 2.24) is 14.8 Å². The molecule has 3 heteroatoms. The van der Waals surface area contributed by atoms with Gasteiger partial charge in [0.2, 0.25) is 0 Å². The van der Waals surface area contributed by atoms with Gasteiger partial charge >= 0.3 is 0 Å². The van der Waals surface area contributed by atoms with Gasteiger partial charge in [-0.05, 0) is 118 Å². The molecule has 1 unspecified atom stereocenters. The summed E-state index contributed by atoms with van der Waals surface area (Å²) < 4.78 is 0. The number of aromatic nitrogens is 1. The van der Waals surface area contributed by atoms with Gasteiger partial charge in [-0.2, -0.15) is 0 Å². The predicted octanol–water partition coefficient (Wildman–Crippen LogP) is 6.75. The van der Waals surface area contributed by atoms with E-state index in [1.165, 1.54) is 62.8 Å². The van der Waals surface area contributed by atoms with Gasteiger partial charge in [-0.3, -0.25) is 4.98 Å². The average molecular weight is 444 g/mol. The van der Waals surface area contributed by atoms with Crippen LogP contribution in [0.25, 0.3) is 10.9 Å². The zero-order valence-electron chi connectivity index (χ0n) is 21.6. The summed E-state index contributed by atoms with van der Waals surface area (Å²) in [6, 6.07) is 2.31. The van der Waals surface area contributed by atoms with E-state index in [0.29, 0.717) is 5.92 Å². The van der Waals surface area contributed by atoms with E-state index in [-0.39, 0.29) is 0 Å². The van der Waals surface area contributed by atoms with Gasteiger partial charge in [0.05, 0.1) is 5.52 Å². The Hall–Kier alpha value is -2.39. The van der Waals surface area contributed by atoms with Crippen LogP contribution in [0, 0.1) is 20.8 Å². The van der Waals surface area contributed by atoms with Crippen LogP contribution >= 0.6 is 0 Å². The first kappa shape index (κ1) is 23.8. The number of rotatable bonds is 8. The minimum atomic E-state index is 0.549. The molecule has 1 aliphatic heterocycles. The van der Waals surface area contributed by atoms with Crippen molar-refractivity contribution in [3.05, 3.63) is 75.7 Å². The molecule has 1 atom stereocenters. The summed E-state index contributed by atoms with van der Waals surface area (Å²) in [6.45, 7) is 23.8. The zero-order valence-corrected chi connectivity index (χ0v) is 21.6. The summed E-state index contributed by atoms with van der Waals surface area (Å²) >= 11 is 0. The van der Waals surface area contributed by atoms with E-state index >= 15 is 0 Å². The lowest BCUT2D eigenvalue weighted by atomic mass is 9.77. The van der Waals surface area contributed by atoms with Crippen LogP contribution < -0.4 is 0 Å². The minimum absolute atomic E-state index is 0.549. The first-order chi connectivity index (χ1) is 15.8. The van der Waals surface area contributed by atoms with E-state index in [1.54, 1.807) is 5.56 Å². The summed E-state index contributed by atoms with van der Waals surface area (Å²) in [4.78, 5) is 10.2. The molecule has 176 valence electrons. The maximum atomic E-state index is 5.17. The van der Waals surface area contributed by atoms with E-state index in [9.17, 15) is 0 Å². The molecule has 0 N–H and O–H groups in total. The normalized spacial score (nSPS) is 18.2. The lowest BCUT2D eigenvalue weighted by molar-refractivity contribution is 0.302. The highest BCUT2D eigenvalue weighted by molar-refractivity contribution is 5.90. The Labute approximate surface area is 200 Å². The number of nitrogens with zero attached hydrogens (tertiary/aromatic N) is 3. The van der Waals surface area contributed by atoms with Crippen LogP contribution in [0.1, 0.15) is 72.5 Å². The quantitative estimate of drug-likeness (QED) is 0.421. The maximum absolute atomic E-state index is 5.17. The number of likely N-dealkylation sites (N-methyl/N-ethyl adjacent to an activating group) is 1. The van der Waals surface area contributed by atoms with Gasteiger partial charge in [-0.15, -0.1) is 6.58 Å². The molecule has 0 radical (unpaired) electrons. The van der Waals surface area contributed by atoms with Crippen LogP contribution in [0.4, 0.5) is 0 Å². The Morgan fingerprint density at radius 1 is 1.24 bits per heavy atom. The van der Waals surface area contributed by atoms with Gasteiger partial charge < -0.3 is 9.80 Å². The first-order valence-electron chi connectivity index (χ1n) is 12.6. The van der Waals surface area contributed by atoms with Crippen molar-refractivity contribution in [2.75, 3.05) is 26.7 Å². The molecule has 1 aliphatic carbocycles. The number of aryl methyl sites for hydroxylation is 3. The average Bonchev–Trinajstić information content (AvgIpc) is 3.03. The van der Waals surface area contributed by atoms with Crippen molar-refractivity contribution in [3.8, 4) is 0 Å². The van der Waals surface area contributed by atoms with E-state index in [4.69, 9.17) is 4.98 Å². The second kappa shape index (κ2) is 9.46. The molecule has 2 heterocycles. The second-order valence-corrected chi connectivity index (χ2v) is 10.3. The molecule has 0 fully saturated rings. The van der Waals surface area contributed by atoms with Gasteiger partial charge in [0.1, 0.15) is 0 Å². The highest BCUT2D eigenvalue weighted by atomic mass is 15.2. The third-order valence-electron chi connectivity index (χ3n) is 7.93. The van der Waals surface area contributed by atoms with Crippen LogP contribution in [0.5, 0.6) is 0 Å². The maximum Gasteiger partial charge on any atom is 0.0713 e. The van der Waals surface area contributed by atoms with Gasteiger partial charge in [-0.25, -0.2) is 0 Å². The molecule has 1 aromatic heterocycles. The standard InChI is InChI=1S/C30H41N3/c1-9-11-25-20(4)16-33(23(25)7)18-27-22(6)31-28-15-19(3)21(5)26-13-12-24(29(27)30(26)28)17-32(8)14-10-2/h9,15,24H,1,7,10-14,16-18H2,2-6,8H3. The number of pyridine rings is 1. The Balaban J connectivity index is 1.83. The number of benzene rings is 1. The highest BCUT2D eigenvalue weighted by Gasteiger charge is 2.31. The fraction of sp³-hybridized carbons (Fsp3) is 0.500. The molecule has 0 spiro atoms. The molecule has 2 aromatic rings. The molecule has 1 aromatic carbocycles. The molecule has 2 aliphatic rings. The molecule has 0 amide bonds. The van der Waals surface area contributed by atoms with E-state index in [2.05, 4.69) is 70.7 Å². The smallest absolute Gasteiger partial charge is 0.0713 e.